The van der Waals surface area contributed by atoms with Gasteiger partial charge < -0.3 is 9.88 Å². The normalized spacial score (nSPS) is 10.6. The van der Waals surface area contributed by atoms with Crippen molar-refractivity contribution in [3.8, 4) is 6.07 Å². The molecule has 1 aromatic heterocycles. The van der Waals surface area contributed by atoms with Gasteiger partial charge in [0.1, 0.15) is 18.4 Å². The van der Waals surface area contributed by atoms with E-state index >= 15 is 0 Å². The van der Waals surface area contributed by atoms with Crippen molar-refractivity contribution < 1.29 is 4.79 Å². The second-order valence-corrected chi connectivity index (χ2v) is 5.91. The quantitative estimate of drug-likeness (QED) is 0.744. The van der Waals surface area contributed by atoms with Crippen LogP contribution in [0.15, 0.2) is 48.5 Å². The van der Waals surface area contributed by atoms with Gasteiger partial charge in [0, 0.05) is 6.42 Å². The van der Waals surface area contributed by atoms with Crippen LogP contribution in [0, 0.1) is 11.3 Å². The van der Waals surface area contributed by atoms with Gasteiger partial charge in [-0.3, -0.25) is 4.79 Å². The van der Waals surface area contributed by atoms with Crippen LogP contribution in [0.4, 0.5) is 5.69 Å². The highest BCUT2D eigenvalue weighted by Gasteiger charge is 2.14. The van der Waals surface area contributed by atoms with Crippen LogP contribution in [0.3, 0.4) is 0 Å². The first-order valence-corrected chi connectivity index (χ1v) is 8.46. The number of para-hydroxylation sites is 3. The largest absolute Gasteiger partial charge is 0.323 e. The second-order valence-electron chi connectivity index (χ2n) is 5.91. The van der Waals surface area contributed by atoms with E-state index in [0.29, 0.717) is 11.3 Å². The van der Waals surface area contributed by atoms with Gasteiger partial charge in [-0.15, -0.1) is 0 Å². The fourth-order valence-electron chi connectivity index (χ4n) is 2.85. The number of rotatable bonds is 6. The summed E-state index contributed by atoms with van der Waals surface area (Å²) in [6, 6.07) is 16.9. The van der Waals surface area contributed by atoms with Crippen LogP contribution >= 0.6 is 0 Å². The number of nitriles is 1. The lowest BCUT2D eigenvalue weighted by Crippen LogP contribution is -2.20. The lowest BCUT2D eigenvalue weighted by Gasteiger charge is -2.10. The van der Waals surface area contributed by atoms with E-state index in [4.69, 9.17) is 5.26 Å². The average molecular weight is 332 g/mol. The molecule has 2 aromatic carbocycles. The molecule has 3 rings (SSSR count). The molecule has 0 aliphatic rings. The number of carbonyl (C=O) groups excluding carboxylic acids is 1. The molecule has 0 fully saturated rings. The smallest absolute Gasteiger partial charge is 0.244 e. The van der Waals surface area contributed by atoms with E-state index in [-0.39, 0.29) is 12.5 Å². The number of amides is 1. The highest BCUT2D eigenvalue weighted by molar-refractivity contribution is 5.93. The maximum atomic E-state index is 12.5. The molecule has 3 aromatic rings. The molecule has 0 unspecified atom stereocenters. The Balaban J connectivity index is 1.86. The van der Waals surface area contributed by atoms with Gasteiger partial charge >= 0.3 is 0 Å². The molecule has 1 N–H and O–H groups in total. The first-order chi connectivity index (χ1) is 12.2. The van der Waals surface area contributed by atoms with Gasteiger partial charge in [0.15, 0.2) is 0 Å². The van der Waals surface area contributed by atoms with Crippen molar-refractivity contribution in [2.45, 2.75) is 32.7 Å². The number of unbranched alkanes of at least 4 members (excludes halogenated alkanes) is 1. The average Bonchev–Trinajstić information content (AvgIpc) is 2.98. The highest BCUT2D eigenvalue weighted by atomic mass is 16.1. The van der Waals surface area contributed by atoms with Crippen molar-refractivity contribution in [2.75, 3.05) is 5.32 Å². The Morgan fingerprint density at radius 1 is 1.20 bits per heavy atom. The maximum absolute atomic E-state index is 12.5. The summed E-state index contributed by atoms with van der Waals surface area (Å²) in [6.45, 7) is 2.32. The zero-order chi connectivity index (χ0) is 17.6. The molecule has 0 bridgehead atoms. The lowest BCUT2D eigenvalue weighted by atomic mass is 10.2. The van der Waals surface area contributed by atoms with Gasteiger partial charge in [0.25, 0.3) is 0 Å². The molecule has 126 valence electrons. The van der Waals surface area contributed by atoms with E-state index in [1.807, 2.05) is 28.8 Å². The third-order valence-corrected chi connectivity index (χ3v) is 4.11. The molecule has 1 heterocycles. The van der Waals surface area contributed by atoms with Crippen LogP contribution in [0.2, 0.25) is 0 Å². The van der Waals surface area contributed by atoms with Gasteiger partial charge in [-0.1, -0.05) is 37.6 Å². The van der Waals surface area contributed by atoms with E-state index in [2.05, 4.69) is 23.3 Å². The SMILES string of the molecule is CCCCc1nc2ccccc2n1CC(=O)Nc1ccccc1C#N. The van der Waals surface area contributed by atoms with Crippen molar-refractivity contribution >= 4 is 22.6 Å². The van der Waals surface area contributed by atoms with Crippen molar-refractivity contribution in [3.05, 3.63) is 59.9 Å². The first kappa shape index (κ1) is 16.7. The third kappa shape index (κ3) is 3.69. The molecule has 0 saturated carbocycles. The summed E-state index contributed by atoms with van der Waals surface area (Å²) in [6.07, 6.45) is 2.94. The predicted octanol–water partition coefficient (Wildman–Crippen LogP) is 3.89. The zero-order valence-electron chi connectivity index (χ0n) is 14.2. The summed E-state index contributed by atoms with van der Waals surface area (Å²) in [4.78, 5) is 17.2. The minimum atomic E-state index is -0.163. The maximum Gasteiger partial charge on any atom is 0.244 e. The monoisotopic (exact) mass is 332 g/mol. The summed E-state index contributed by atoms with van der Waals surface area (Å²) in [5.74, 6) is 0.760. The molecular formula is C20H20N4O. The van der Waals surface area contributed by atoms with Crippen LogP contribution in [0.25, 0.3) is 11.0 Å². The summed E-state index contributed by atoms with van der Waals surface area (Å²) >= 11 is 0. The van der Waals surface area contributed by atoms with Gasteiger partial charge in [-0.05, 0) is 30.7 Å². The predicted molar refractivity (Wildman–Crippen MR) is 98.1 cm³/mol. The molecule has 1 amide bonds. The van der Waals surface area contributed by atoms with Crippen LogP contribution in [-0.2, 0) is 17.8 Å². The van der Waals surface area contributed by atoms with Crippen LogP contribution in [0.5, 0.6) is 0 Å². The summed E-state index contributed by atoms with van der Waals surface area (Å²) in [5.41, 5.74) is 2.85. The number of carbonyl (C=O) groups is 1. The van der Waals surface area contributed by atoms with Crippen molar-refractivity contribution in [1.29, 1.82) is 5.26 Å². The Kier molecular flexibility index (Phi) is 5.10. The Labute approximate surface area is 146 Å². The van der Waals surface area contributed by atoms with Crippen LogP contribution in [-0.4, -0.2) is 15.5 Å². The number of nitrogens with zero attached hydrogens (tertiary/aromatic N) is 3. The number of hydrogen-bond acceptors (Lipinski definition) is 3. The number of aryl methyl sites for hydroxylation is 1. The second kappa shape index (κ2) is 7.63. The molecule has 0 spiro atoms. The number of anilines is 1. The Hall–Kier alpha value is -3.13. The third-order valence-electron chi connectivity index (χ3n) is 4.11. The van der Waals surface area contributed by atoms with Crippen molar-refractivity contribution in [3.63, 3.8) is 0 Å². The Morgan fingerprint density at radius 3 is 2.76 bits per heavy atom. The number of benzene rings is 2. The standard InChI is InChI=1S/C20H20N4O/c1-2-3-12-19-22-17-10-6-7-11-18(17)24(19)14-20(25)23-16-9-5-4-8-15(16)13-21/h4-11H,2-3,12,14H2,1H3,(H,23,25). The van der Waals surface area contributed by atoms with E-state index in [1.165, 1.54) is 0 Å². The fourth-order valence-corrected chi connectivity index (χ4v) is 2.85. The van der Waals surface area contributed by atoms with E-state index < -0.39 is 0 Å². The van der Waals surface area contributed by atoms with E-state index in [1.54, 1.807) is 24.3 Å². The minimum absolute atomic E-state index is 0.163. The van der Waals surface area contributed by atoms with Crippen LogP contribution < -0.4 is 5.32 Å². The number of nitrogens with one attached hydrogen (secondary N) is 1. The summed E-state index contributed by atoms with van der Waals surface area (Å²) < 4.78 is 1.97. The molecule has 0 aliphatic heterocycles. The Morgan fingerprint density at radius 2 is 1.96 bits per heavy atom. The number of imidazole rings is 1. The van der Waals surface area contributed by atoms with Gasteiger partial charge in [0.05, 0.1) is 22.3 Å². The Bertz CT molecular complexity index is 936. The summed E-state index contributed by atoms with van der Waals surface area (Å²) in [5, 5.41) is 12.0. The van der Waals surface area contributed by atoms with E-state index in [9.17, 15) is 4.79 Å². The van der Waals surface area contributed by atoms with Gasteiger partial charge in [0.2, 0.25) is 5.91 Å². The van der Waals surface area contributed by atoms with Crippen molar-refractivity contribution in [2.24, 2.45) is 0 Å². The highest BCUT2D eigenvalue weighted by Crippen LogP contribution is 2.19. The van der Waals surface area contributed by atoms with Crippen molar-refractivity contribution in [1.82, 2.24) is 9.55 Å². The number of fused-ring (bicyclic) bond motifs is 1. The number of hydrogen-bond donors (Lipinski definition) is 1. The molecular weight excluding hydrogens is 312 g/mol. The lowest BCUT2D eigenvalue weighted by molar-refractivity contribution is -0.116. The first-order valence-electron chi connectivity index (χ1n) is 8.46. The van der Waals surface area contributed by atoms with Gasteiger partial charge in [-0.2, -0.15) is 5.26 Å². The molecule has 0 saturated heterocycles. The molecule has 0 aliphatic carbocycles. The molecule has 0 radical (unpaired) electrons. The molecule has 5 heteroatoms. The molecule has 5 nitrogen and oxygen atoms in total. The topological polar surface area (TPSA) is 70.7 Å². The minimum Gasteiger partial charge on any atom is -0.323 e. The molecule has 25 heavy (non-hydrogen) atoms. The van der Waals surface area contributed by atoms with Crippen LogP contribution in [0.1, 0.15) is 31.2 Å². The van der Waals surface area contributed by atoms with Gasteiger partial charge in [-0.25, -0.2) is 4.98 Å². The number of aromatic nitrogens is 2. The fraction of sp³-hybridized carbons (Fsp3) is 0.250. The molecule has 0 atom stereocenters. The zero-order valence-corrected chi connectivity index (χ0v) is 14.2. The summed E-state index contributed by atoms with van der Waals surface area (Å²) in [7, 11) is 0. The van der Waals surface area contributed by atoms with E-state index in [0.717, 1.165) is 36.1 Å².